The zero-order valence-corrected chi connectivity index (χ0v) is 12.0. The standard InChI is InChI=1S/C13H26N2O3/c1-6-13(7-2,12(17)18)14-8-11(16)15-10(5)9(3)4/h9-10,14H,6-8H2,1-5H3,(H,15,16)(H,17,18). The van der Waals surface area contributed by atoms with E-state index in [1.54, 1.807) is 13.8 Å². The molecule has 0 fully saturated rings. The smallest absolute Gasteiger partial charge is 0.323 e. The highest BCUT2D eigenvalue weighted by molar-refractivity contribution is 5.82. The predicted octanol–water partition coefficient (Wildman–Crippen LogP) is 1.38. The summed E-state index contributed by atoms with van der Waals surface area (Å²) in [6.45, 7) is 9.63. The normalized spacial score (nSPS) is 13.4. The van der Waals surface area contributed by atoms with Crippen molar-refractivity contribution in [3.8, 4) is 0 Å². The van der Waals surface area contributed by atoms with E-state index in [1.807, 2.05) is 20.8 Å². The van der Waals surface area contributed by atoms with Crippen molar-refractivity contribution in [1.82, 2.24) is 10.6 Å². The molecule has 0 spiro atoms. The van der Waals surface area contributed by atoms with Crippen molar-refractivity contribution in [2.24, 2.45) is 5.92 Å². The second-order valence-corrected chi connectivity index (χ2v) is 5.05. The largest absolute Gasteiger partial charge is 0.480 e. The molecule has 0 aliphatic rings. The molecule has 0 radical (unpaired) electrons. The first-order valence-corrected chi connectivity index (χ1v) is 6.56. The van der Waals surface area contributed by atoms with Gasteiger partial charge in [-0.15, -0.1) is 0 Å². The van der Waals surface area contributed by atoms with E-state index in [0.29, 0.717) is 18.8 Å². The molecule has 0 aromatic carbocycles. The van der Waals surface area contributed by atoms with E-state index in [-0.39, 0.29) is 18.5 Å². The number of aliphatic carboxylic acids is 1. The summed E-state index contributed by atoms with van der Waals surface area (Å²) in [4.78, 5) is 22.9. The van der Waals surface area contributed by atoms with Gasteiger partial charge in [0.2, 0.25) is 5.91 Å². The molecule has 0 heterocycles. The van der Waals surface area contributed by atoms with Crippen molar-refractivity contribution >= 4 is 11.9 Å². The molecule has 1 amide bonds. The highest BCUT2D eigenvalue weighted by Crippen LogP contribution is 2.14. The maximum atomic E-state index is 11.7. The van der Waals surface area contributed by atoms with Crippen LogP contribution in [0.2, 0.25) is 0 Å². The molecule has 0 aromatic rings. The zero-order valence-electron chi connectivity index (χ0n) is 12.0. The van der Waals surface area contributed by atoms with E-state index < -0.39 is 11.5 Å². The van der Waals surface area contributed by atoms with E-state index >= 15 is 0 Å². The molecule has 0 aromatic heterocycles. The van der Waals surface area contributed by atoms with Crippen molar-refractivity contribution in [2.45, 2.75) is 59.0 Å². The van der Waals surface area contributed by atoms with Crippen molar-refractivity contribution in [1.29, 1.82) is 0 Å². The minimum absolute atomic E-state index is 0.0328. The average Bonchev–Trinajstić information content (AvgIpc) is 2.30. The number of nitrogens with one attached hydrogen (secondary N) is 2. The Morgan fingerprint density at radius 1 is 1.17 bits per heavy atom. The number of amides is 1. The van der Waals surface area contributed by atoms with Crippen LogP contribution in [0.3, 0.4) is 0 Å². The fourth-order valence-electron chi connectivity index (χ4n) is 1.60. The molecule has 0 rings (SSSR count). The third-order valence-electron chi connectivity index (χ3n) is 3.59. The van der Waals surface area contributed by atoms with Crippen molar-refractivity contribution in [3.05, 3.63) is 0 Å². The second-order valence-electron chi connectivity index (χ2n) is 5.05. The third kappa shape index (κ3) is 4.64. The predicted molar refractivity (Wildman–Crippen MR) is 71.4 cm³/mol. The van der Waals surface area contributed by atoms with Crippen molar-refractivity contribution in [3.63, 3.8) is 0 Å². The summed E-state index contributed by atoms with van der Waals surface area (Å²) in [6.07, 6.45) is 0.900. The Labute approximate surface area is 109 Å². The Kier molecular flexibility index (Phi) is 6.91. The maximum absolute atomic E-state index is 11.7. The topological polar surface area (TPSA) is 78.4 Å². The fraction of sp³-hybridized carbons (Fsp3) is 0.846. The maximum Gasteiger partial charge on any atom is 0.323 e. The van der Waals surface area contributed by atoms with E-state index in [0.717, 1.165) is 0 Å². The van der Waals surface area contributed by atoms with Crippen LogP contribution in [-0.4, -0.2) is 35.1 Å². The van der Waals surface area contributed by atoms with Gasteiger partial charge in [-0.1, -0.05) is 27.7 Å². The minimum atomic E-state index is -1.00. The van der Waals surface area contributed by atoms with Gasteiger partial charge in [0.15, 0.2) is 0 Å². The Balaban J connectivity index is 4.37. The second kappa shape index (κ2) is 7.36. The van der Waals surface area contributed by atoms with Gasteiger partial charge in [-0.25, -0.2) is 0 Å². The molecule has 0 saturated carbocycles. The van der Waals surface area contributed by atoms with Gasteiger partial charge in [0.05, 0.1) is 6.54 Å². The molecule has 3 N–H and O–H groups in total. The quantitative estimate of drug-likeness (QED) is 0.614. The van der Waals surface area contributed by atoms with Gasteiger partial charge in [0, 0.05) is 6.04 Å². The third-order valence-corrected chi connectivity index (χ3v) is 3.59. The Morgan fingerprint density at radius 3 is 2.00 bits per heavy atom. The number of carbonyl (C=O) groups excluding carboxylic acids is 1. The lowest BCUT2D eigenvalue weighted by Crippen LogP contribution is -2.54. The lowest BCUT2D eigenvalue weighted by Gasteiger charge is -2.28. The van der Waals surface area contributed by atoms with Gasteiger partial charge in [-0.2, -0.15) is 0 Å². The van der Waals surface area contributed by atoms with Gasteiger partial charge in [-0.3, -0.25) is 14.9 Å². The van der Waals surface area contributed by atoms with E-state index in [1.165, 1.54) is 0 Å². The molecule has 0 saturated heterocycles. The Hall–Kier alpha value is -1.10. The van der Waals surface area contributed by atoms with Crippen LogP contribution >= 0.6 is 0 Å². The lowest BCUT2D eigenvalue weighted by molar-refractivity contribution is -0.145. The van der Waals surface area contributed by atoms with Crippen LogP contribution < -0.4 is 10.6 Å². The first kappa shape index (κ1) is 16.9. The number of carboxylic acids is 1. The summed E-state index contributed by atoms with van der Waals surface area (Å²) in [5, 5.41) is 14.9. The first-order chi connectivity index (χ1) is 8.29. The minimum Gasteiger partial charge on any atom is -0.480 e. The zero-order chi connectivity index (χ0) is 14.3. The monoisotopic (exact) mass is 258 g/mol. The number of hydrogen-bond acceptors (Lipinski definition) is 3. The Bertz CT molecular complexity index is 286. The van der Waals surface area contributed by atoms with Crippen LogP contribution in [0.4, 0.5) is 0 Å². The van der Waals surface area contributed by atoms with Crippen LogP contribution in [0, 0.1) is 5.92 Å². The molecular weight excluding hydrogens is 232 g/mol. The van der Waals surface area contributed by atoms with Gasteiger partial charge in [-0.05, 0) is 25.7 Å². The molecule has 106 valence electrons. The molecule has 5 nitrogen and oxygen atoms in total. The fourth-order valence-corrected chi connectivity index (χ4v) is 1.60. The first-order valence-electron chi connectivity index (χ1n) is 6.56. The number of rotatable bonds is 8. The summed E-state index contributed by atoms with van der Waals surface area (Å²) in [5.41, 5.74) is -1.00. The van der Waals surface area contributed by atoms with E-state index in [4.69, 9.17) is 0 Å². The molecule has 1 unspecified atom stereocenters. The summed E-state index contributed by atoms with van der Waals surface area (Å²) in [7, 11) is 0. The molecule has 0 bridgehead atoms. The number of carboxylic acid groups (broad SMARTS) is 1. The lowest BCUT2D eigenvalue weighted by atomic mass is 9.93. The van der Waals surface area contributed by atoms with Crippen molar-refractivity contribution in [2.75, 3.05) is 6.54 Å². The number of carbonyl (C=O) groups is 2. The molecule has 18 heavy (non-hydrogen) atoms. The average molecular weight is 258 g/mol. The Morgan fingerprint density at radius 2 is 1.67 bits per heavy atom. The van der Waals surface area contributed by atoms with E-state index in [9.17, 15) is 14.7 Å². The highest BCUT2D eigenvalue weighted by Gasteiger charge is 2.34. The van der Waals surface area contributed by atoms with Gasteiger partial charge < -0.3 is 10.4 Å². The van der Waals surface area contributed by atoms with Crippen LogP contribution in [0.25, 0.3) is 0 Å². The summed E-state index contributed by atoms with van der Waals surface area (Å²) >= 11 is 0. The van der Waals surface area contributed by atoms with Crippen LogP contribution in [-0.2, 0) is 9.59 Å². The molecule has 5 heteroatoms. The van der Waals surface area contributed by atoms with Gasteiger partial charge in [0.25, 0.3) is 0 Å². The van der Waals surface area contributed by atoms with E-state index in [2.05, 4.69) is 10.6 Å². The summed E-state index contributed by atoms with van der Waals surface area (Å²) in [6, 6.07) is 0.0850. The van der Waals surface area contributed by atoms with Crippen LogP contribution in [0.15, 0.2) is 0 Å². The van der Waals surface area contributed by atoms with Crippen LogP contribution in [0.5, 0.6) is 0 Å². The van der Waals surface area contributed by atoms with Gasteiger partial charge in [0.1, 0.15) is 5.54 Å². The van der Waals surface area contributed by atoms with Gasteiger partial charge >= 0.3 is 5.97 Å². The molecular formula is C13H26N2O3. The molecule has 0 aliphatic carbocycles. The molecule has 1 atom stereocenters. The molecule has 0 aliphatic heterocycles. The van der Waals surface area contributed by atoms with Crippen molar-refractivity contribution < 1.29 is 14.7 Å². The highest BCUT2D eigenvalue weighted by atomic mass is 16.4. The number of hydrogen-bond donors (Lipinski definition) is 3. The summed E-state index contributed by atoms with van der Waals surface area (Å²) < 4.78 is 0. The SMILES string of the molecule is CCC(CC)(NCC(=O)NC(C)C(C)C)C(=O)O. The van der Waals surface area contributed by atoms with Crippen LogP contribution in [0.1, 0.15) is 47.5 Å². The summed E-state index contributed by atoms with van der Waals surface area (Å²) in [5.74, 6) is -0.712.